The van der Waals surface area contributed by atoms with Gasteiger partial charge in [-0.1, -0.05) is 25.2 Å². The summed E-state index contributed by atoms with van der Waals surface area (Å²) in [4.78, 5) is 23.5. The number of carbonyl (C=O) groups excluding carboxylic acids is 2. The average Bonchev–Trinajstić information content (AvgIpc) is 2.96. The number of hydrogen-bond donors (Lipinski definition) is 2. The highest BCUT2D eigenvalue weighted by atomic mass is 32.1. The Bertz CT molecular complexity index is 741. The predicted molar refractivity (Wildman–Crippen MR) is 82.8 cm³/mol. The summed E-state index contributed by atoms with van der Waals surface area (Å²) in [6.45, 7) is 3.49. The molecule has 0 bridgehead atoms. The standard InChI is InChI=1S/C14H13F3N4O2S/c1-7(2)10(22)18-9-5-3-8(4-6-9)11(23)19-13-21-20-12(24-13)14(15,16)17/h3-7H,1-2H3,(H,18,22)(H,19,21,23). The molecule has 1 heterocycles. The molecule has 0 spiro atoms. The van der Waals surface area contributed by atoms with Crippen LogP contribution in [0.3, 0.4) is 0 Å². The van der Waals surface area contributed by atoms with Crippen molar-refractivity contribution in [2.75, 3.05) is 10.6 Å². The highest BCUT2D eigenvalue weighted by Gasteiger charge is 2.35. The van der Waals surface area contributed by atoms with Crippen molar-refractivity contribution in [3.8, 4) is 0 Å². The van der Waals surface area contributed by atoms with Gasteiger partial charge in [-0.25, -0.2) is 0 Å². The monoisotopic (exact) mass is 358 g/mol. The van der Waals surface area contributed by atoms with E-state index in [0.29, 0.717) is 5.69 Å². The molecule has 2 amide bonds. The summed E-state index contributed by atoms with van der Waals surface area (Å²) >= 11 is 0.241. The molecule has 0 unspecified atom stereocenters. The third kappa shape index (κ3) is 4.51. The fourth-order valence-corrected chi connectivity index (χ4v) is 2.16. The van der Waals surface area contributed by atoms with Gasteiger partial charge in [0.05, 0.1) is 0 Å². The third-order valence-corrected chi connectivity index (χ3v) is 3.71. The molecule has 0 fully saturated rings. The van der Waals surface area contributed by atoms with Crippen LogP contribution in [0.15, 0.2) is 24.3 Å². The molecule has 0 aliphatic carbocycles. The van der Waals surface area contributed by atoms with E-state index in [4.69, 9.17) is 0 Å². The molecule has 24 heavy (non-hydrogen) atoms. The number of alkyl halides is 3. The zero-order valence-corrected chi connectivity index (χ0v) is 13.5. The fraction of sp³-hybridized carbons (Fsp3) is 0.286. The molecule has 0 aliphatic rings. The van der Waals surface area contributed by atoms with Crippen LogP contribution in [0.4, 0.5) is 24.0 Å². The molecule has 2 N–H and O–H groups in total. The molecule has 2 rings (SSSR count). The van der Waals surface area contributed by atoms with Crippen molar-refractivity contribution in [3.63, 3.8) is 0 Å². The van der Waals surface area contributed by atoms with Gasteiger partial charge in [-0.2, -0.15) is 13.2 Å². The van der Waals surface area contributed by atoms with Crippen LogP contribution < -0.4 is 10.6 Å². The van der Waals surface area contributed by atoms with Gasteiger partial charge in [0.15, 0.2) is 0 Å². The van der Waals surface area contributed by atoms with E-state index in [-0.39, 0.29) is 33.9 Å². The van der Waals surface area contributed by atoms with Gasteiger partial charge in [-0.3, -0.25) is 14.9 Å². The Labute approximate surface area is 139 Å². The van der Waals surface area contributed by atoms with Crippen molar-refractivity contribution in [2.45, 2.75) is 20.0 Å². The largest absolute Gasteiger partial charge is 0.445 e. The van der Waals surface area contributed by atoms with Gasteiger partial charge in [-0.15, -0.1) is 10.2 Å². The highest BCUT2D eigenvalue weighted by molar-refractivity contribution is 7.15. The fourth-order valence-electron chi connectivity index (χ4n) is 1.55. The molecule has 1 aromatic heterocycles. The minimum Gasteiger partial charge on any atom is -0.326 e. The minimum atomic E-state index is -4.60. The van der Waals surface area contributed by atoms with Gasteiger partial charge >= 0.3 is 6.18 Å². The topological polar surface area (TPSA) is 84.0 Å². The molecule has 2 aromatic rings. The normalized spacial score (nSPS) is 11.4. The quantitative estimate of drug-likeness (QED) is 0.877. The Morgan fingerprint density at radius 3 is 2.21 bits per heavy atom. The van der Waals surface area contributed by atoms with E-state index >= 15 is 0 Å². The number of halogens is 3. The number of nitrogens with zero attached hydrogens (tertiary/aromatic N) is 2. The minimum absolute atomic E-state index is 0.166. The maximum absolute atomic E-state index is 12.4. The summed E-state index contributed by atoms with van der Waals surface area (Å²) in [5.74, 6) is -0.976. The summed E-state index contributed by atoms with van der Waals surface area (Å²) in [6.07, 6.45) is -4.60. The number of carbonyl (C=O) groups is 2. The Hall–Kier alpha value is -2.49. The molecular weight excluding hydrogens is 345 g/mol. The SMILES string of the molecule is CC(C)C(=O)Nc1ccc(C(=O)Nc2nnc(C(F)(F)F)s2)cc1. The van der Waals surface area contributed by atoms with E-state index in [0.717, 1.165) is 0 Å². The molecule has 0 radical (unpaired) electrons. The number of hydrogen-bond acceptors (Lipinski definition) is 5. The molecule has 0 aliphatic heterocycles. The molecule has 1 aromatic carbocycles. The molecule has 0 saturated heterocycles. The van der Waals surface area contributed by atoms with E-state index in [1.807, 2.05) is 0 Å². The molecule has 0 saturated carbocycles. The number of rotatable bonds is 4. The van der Waals surface area contributed by atoms with Crippen molar-refractivity contribution in [2.24, 2.45) is 5.92 Å². The van der Waals surface area contributed by atoms with Crippen molar-refractivity contribution in [1.82, 2.24) is 10.2 Å². The smallest absolute Gasteiger partial charge is 0.326 e. The van der Waals surface area contributed by atoms with Crippen LogP contribution in [-0.4, -0.2) is 22.0 Å². The maximum Gasteiger partial charge on any atom is 0.445 e. The number of anilines is 2. The van der Waals surface area contributed by atoms with Crippen LogP contribution in [0.5, 0.6) is 0 Å². The van der Waals surface area contributed by atoms with Crippen LogP contribution in [0.1, 0.15) is 29.2 Å². The summed E-state index contributed by atoms with van der Waals surface area (Å²) in [6, 6.07) is 5.93. The van der Waals surface area contributed by atoms with Crippen molar-refractivity contribution in [1.29, 1.82) is 0 Å². The lowest BCUT2D eigenvalue weighted by atomic mass is 10.1. The van der Waals surface area contributed by atoms with Gasteiger partial charge in [0, 0.05) is 17.2 Å². The van der Waals surface area contributed by atoms with Gasteiger partial charge in [0.1, 0.15) is 0 Å². The first-order valence-electron chi connectivity index (χ1n) is 6.80. The van der Waals surface area contributed by atoms with E-state index in [2.05, 4.69) is 20.8 Å². The van der Waals surface area contributed by atoms with E-state index < -0.39 is 17.1 Å². The van der Waals surface area contributed by atoms with Gasteiger partial charge in [-0.05, 0) is 24.3 Å². The lowest BCUT2D eigenvalue weighted by molar-refractivity contribution is -0.138. The Kier molecular flexibility index (Phi) is 5.17. The lowest BCUT2D eigenvalue weighted by Gasteiger charge is -2.08. The third-order valence-electron chi connectivity index (χ3n) is 2.83. The molecule has 10 heteroatoms. The Morgan fingerprint density at radius 2 is 1.71 bits per heavy atom. The zero-order valence-electron chi connectivity index (χ0n) is 12.6. The van der Waals surface area contributed by atoms with Gasteiger partial charge < -0.3 is 5.32 Å². The van der Waals surface area contributed by atoms with Crippen molar-refractivity contribution >= 4 is 34.0 Å². The summed E-state index contributed by atoms with van der Waals surface area (Å²) in [5, 5.41) is 9.79. The highest BCUT2D eigenvalue weighted by Crippen LogP contribution is 2.33. The molecular formula is C14H13F3N4O2S. The molecule has 0 atom stereocenters. The summed E-state index contributed by atoms with van der Waals surface area (Å²) in [5.41, 5.74) is 0.724. The van der Waals surface area contributed by atoms with E-state index in [9.17, 15) is 22.8 Å². The van der Waals surface area contributed by atoms with Crippen LogP contribution in [0.25, 0.3) is 0 Å². The zero-order chi connectivity index (χ0) is 17.9. The van der Waals surface area contributed by atoms with Crippen LogP contribution in [0, 0.1) is 5.92 Å². The van der Waals surface area contributed by atoms with Crippen molar-refractivity contribution in [3.05, 3.63) is 34.8 Å². The second-order valence-corrected chi connectivity index (χ2v) is 6.06. The lowest BCUT2D eigenvalue weighted by Crippen LogP contribution is -2.18. The van der Waals surface area contributed by atoms with E-state index in [1.54, 1.807) is 13.8 Å². The van der Waals surface area contributed by atoms with Crippen molar-refractivity contribution < 1.29 is 22.8 Å². The number of aromatic nitrogens is 2. The number of amides is 2. The Balaban J connectivity index is 2.02. The molecule has 6 nitrogen and oxygen atoms in total. The van der Waals surface area contributed by atoms with E-state index in [1.165, 1.54) is 24.3 Å². The Morgan fingerprint density at radius 1 is 1.08 bits per heavy atom. The predicted octanol–water partition coefficient (Wildman–Crippen LogP) is 3.40. The molecule has 128 valence electrons. The number of benzene rings is 1. The second-order valence-electron chi connectivity index (χ2n) is 5.09. The van der Waals surface area contributed by atoms with Crippen LogP contribution in [0.2, 0.25) is 0 Å². The number of nitrogens with one attached hydrogen (secondary N) is 2. The van der Waals surface area contributed by atoms with Gasteiger partial charge in [0.2, 0.25) is 16.0 Å². The maximum atomic E-state index is 12.4. The second kappa shape index (κ2) is 6.95. The summed E-state index contributed by atoms with van der Waals surface area (Å²) < 4.78 is 37.3. The van der Waals surface area contributed by atoms with Gasteiger partial charge in [0.25, 0.3) is 5.91 Å². The first kappa shape index (κ1) is 17.9. The summed E-state index contributed by atoms with van der Waals surface area (Å²) in [7, 11) is 0. The van der Waals surface area contributed by atoms with Crippen LogP contribution in [-0.2, 0) is 11.0 Å². The average molecular weight is 358 g/mol. The first-order chi connectivity index (χ1) is 11.2. The van der Waals surface area contributed by atoms with Crippen LogP contribution >= 0.6 is 11.3 Å². The first-order valence-corrected chi connectivity index (χ1v) is 7.61.